The normalized spacial score (nSPS) is 25.1. The van der Waals surface area contributed by atoms with Crippen molar-refractivity contribution < 1.29 is 4.79 Å². The Morgan fingerprint density at radius 1 is 1.11 bits per heavy atom. The molecule has 104 valence electrons. The predicted octanol–water partition coefficient (Wildman–Crippen LogP) is 2.21. The summed E-state index contributed by atoms with van der Waals surface area (Å²) in [6.45, 7) is 6.50. The average molecular weight is 270 g/mol. The van der Waals surface area contributed by atoms with Gasteiger partial charge in [0.15, 0.2) is 0 Å². The molecule has 0 saturated carbocycles. The number of thioether (sulfide) groups is 1. The molecule has 0 spiro atoms. The molecule has 2 fully saturated rings. The van der Waals surface area contributed by atoms with Crippen LogP contribution in [0.15, 0.2) is 0 Å². The second-order valence-electron chi connectivity index (χ2n) is 5.53. The molecule has 4 heteroatoms. The molecule has 2 aliphatic heterocycles. The molecule has 1 amide bonds. The SMILES string of the molecule is CSC(C)C(=O)N1CCC(N2CCCCC2)CC1. The van der Waals surface area contributed by atoms with Crippen LogP contribution in [0.25, 0.3) is 0 Å². The van der Waals surface area contributed by atoms with Crippen molar-refractivity contribution >= 4 is 17.7 Å². The van der Waals surface area contributed by atoms with Gasteiger partial charge in [-0.25, -0.2) is 0 Å². The van der Waals surface area contributed by atoms with Gasteiger partial charge in [0.25, 0.3) is 0 Å². The van der Waals surface area contributed by atoms with Crippen molar-refractivity contribution in [2.75, 3.05) is 32.4 Å². The number of nitrogens with zero attached hydrogens (tertiary/aromatic N) is 2. The van der Waals surface area contributed by atoms with E-state index in [0.29, 0.717) is 5.91 Å². The largest absolute Gasteiger partial charge is 0.342 e. The summed E-state index contributed by atoms with van der Waals surface area (Å²) in [5, 5.41) is 0.122. The summed E-state index contributed by atoms with van der Waals surface area (Å²) in [5.41, 5.74) is 0. The highest BCUT2D eigenvalue weighted by atomic mass is 32.2. The Labute approximate surface area is 115 Å². The van der Waals surface area contributed by atoms with Crippen LogP contribution in [0.4, 0.5) is 0 Å². The highest BCUT2D eigenvalue weighted by Crippen LogP contribution is 2.22. The molecule has 2 rings (SSSR count). The maximum absolute atomic E-state index is 12.1. The second kappa shape index (κ2) is 6.80. The number of piperidine rings is 2. The van der Waals surface area contributed by atoms with Gasteiger partial charge in [-0.15, -0.1) is 0 Å². The lowest BCUT2D eigenvalue weighted by molar-refractivity contribution is -0.131. The quantitative estimate of drug-likeness (QED) is 0.785. The summed E-state index contributed by atoms with van der Waals surface area (Å²) in [7, 11) is 0. The van der Waals surface area contributed by atoms with Gasteiger partial charge in [-0.05, 0) is 52.0 Å². The van der Waals surface area contributed by atoms with Crippen molar-refractivity contribution in [3.63, 3.8) is 0 Å². The third-order valence-electron chi connectivity index (χ3n) is 4.38. The molecule has 0 aromatic rings. The minimum Gasteiger partial charge on any atom is -0.342 e. The van der Waals surface area contributed by atoms with Gasteiger partial charge >= 0.3 is 0 Å². The second-order valence-corrected chi connectivity index (χ2v) is 6.71. The van der Waals surface area contributed by atoms with Crippen molar-refractivity contribution in [2.24, 2.45) is 0 Å². The first kappa shape index (κ1) is 14.2. The van der Waals surface area contributed by atoms with Crippen LogP contribution in [0.2, 0.25) is 0 Å². The maximum Gasteiger partial charge on any atom is 0.235 e. The van der Waals surface area contributed by atoms with Crippen LogP contribution in [-0.4, -0.2) is 59.4 Å². The fraction of sp³-hybridized carbons (Fsp3) is 0.929. The van der Waals surface area contributed by atoms with Gasteiger partial charge in [-0.2, -0.15) is 11.8 Å². The van der Waals surface area contributed by atoms with E-state index >= 15 is 0 Å². The van der Waals surface area contributed by atoms with Gasteiger partial charge in [0, 0.05) is 19.1 Å². The number of rotatable bonds is 3. The number of hydrogen-bond donors (Lipinski definition) is 0. The van der Waals surface area contributed by atoms with E-state index < -0.39 is 0 Å². The fourth-order valence-electron chi connectivity index (χ4n) is 3.09. The minimum absolute atomic E-state index is 0.122. The first-order valence-electron chi connectivity index (χ1n) is 7.28. The lowest BCUT2D eigenvalue weighted by Crippen LogP contribution is -2.49. The van der Waals surface area contributed by atoms with E-state index in [1.165, 1.54) is 45.2 Å². The number of likely N-dealkylation sites (tertiary alicyclic amines) is 2. The third-order valence-corrected chi connectivity index (χ3v) is 5.29. The summed E-state index contributed by atoms with van der Waals surface area (Å²) in [6.07, 6.45) is 8.49. The molecule has 1 atom stereocenters. The lowest BCUT2D eigenvalue weighted by atomic mass is 10.00. The minimum atomic E-state index is 0.122. The molecule has 1 unspecified atom stereocenters. The molecular formula is C14H26N2OS. The van der Waals surface area contributed by atoms with Crippen molar-refractivity contribution in [3.05, 3.63) is 0 Å². The predicted molar refractivity (Wildman–Crippen MR) is 78.0 cm³/mol. The molecule has 0 aromatic heterocycles. The Bertz CT molecular complexity index is 271. The van der Waals surface area contributed by atoms with Crippen LogP contribution < -0.4 is 0 Å². The first-order chi connectivity index (χ1) is 8.72. The van der Waals surface area contributed by atoms with Crippen LogP contribution in [0.1, 0.15) is 39.0 Å². The topological polar surface area (TPSA) is 23.6 Å². The average Bonchev–Trinajstić information content (AvgIpc) is 2.47. The van der Waals surface area contributed by atoms with Gasteiger partial charge in [-0.3, -0.25) is 4.79 Å². The van der Waals surface area contributed by atoms with Crippen LogP contribution in [-0.2, 0) is 4.79 Å². The monoisotopic (exact) mass is 270 g/mol. The Balaban J connectivity index is 1.78. The summed E-state index contributed by atoms with van der Waals surface area (Å²) < 4.78 is 0. The third kappa shape index (κ3) is 3.41. The molecule has 3 nitrogen and oxygen atoms in total. The molecule has 0 aliphatic carbocycles. The number of carbonyl (C=O) groups excluding carboxylic acids is 1. The Morgan fingerprint density at radius 2 is 1.72 bits per heavy atom. The lowest BCUT2D eigenvalue weighted by Gasteiger charge is -2.40. The summed E-state index contributed by atoms with van der Waals surface area (Å²) in [5.74, 6) is 0.333. The summed E-state index contributed by atoms with van der Waals surface area (Å²) >= 11 is 1.65. The van der Waals surface area contributed by atoms with Gasteiger partial charge in [-0.1, -0.05) is 6.42 Å². The maximum atomic E-state index is 12.1. The standard InChI is InChI=1S/C14H26N2OS/c1-12(18-2)14(17)16-10-6-13(7-11-16)15-8-4-3-5-9-15/h12-13H,3-11H2,1-2H3. The molecule has 2 heterocycles. The molecule has 0 radical (unpaired) electrons. The zero-order valence-corrected chi connectivity index (χ0v) is 12.5. The van der Waals surface area contributed by atoms with E-state index in [-0.39, 0.29) is 5.25 Å². The molecule has 0 aromatic carbocycles. The summed E-state index contributed by atoms with van der Waals surface area (Å²) in [4.78, 5) is 16.8. The van der Waals surface area contributed by atoms with Gasteiger partial charge in [0.1, 0.15) is 0 Å². The number of hydrogen-bond acceptors (Lipinski definition) is 3. The highest BCUT2D eigenvalue weighted by Gasteiger charge is 2.28. The number of carbonyl (C=O) groups is 1. The van der Waals surface area contributed by atoms with Crippen molar-refractivity contribution in [3.8, 4) is 0 Å². The zero-order chi connectivity index (χ0) is 13.0. The van der Waals surface area contributed by atoms with E-state index in [4.69, 9.17) is 0 Å². The first-order valence-corrected chi connectivity index (χ1v) is 8.57. The van der Waals surface area contributed by atoms with Crippen LogP contribution in [0.5, 0.6) is 0 Å². The van der Waals surface area contributed by atoms with E-state index in [9.17, 15) is 4.79 Å². The molecule has 18 heavy (non-hydrogen) atoms. The van der Waals surface area contributed by atoms with Crippen molar-refractivity contribution in [1.29, 1.82) is 0 Å². The molecule has 2 saturated heterocycles. The number of amides is 1. The van der Waals surface area contributed by atoms with E-state index in [2.05, 4.69) is 9.80 Å². The van der Waals surface area contributed by atoms with Crippen molar-refractivity contribution in [2.45, 2.75) is 50.3 Å². The van der Waals surface area contributed by atoms with Crippen molar-refractivity contribution in [1.82, 2.24) is 9.80 Å². The van der Waals surface area contributed by atoms with E-state index in [0.717, 1.165) is 19.1 Å². The van der Waals surface area contributed by atoms with Gasteiger partial charge in [0.05, 0.1) is 5.25 Å². The van der Waals surface area contributed by atoms with Crippen LogP contribution in [0.3, 0.4) is 0 Å². The molecule has 0 bridgehead atoms. The van der Waals surface area contributed by atoms with Gasteiger partial charge in [0.2, 0.25) is 5.91 Å². The van der Waals surface area contributed by atoms with Crippen LogP contribution in [0, 0.1) is 0 Å². The van der Waals surface area contributed by atoms with E-state index in [1.807, 2.05) is 13.2 Å². The van der Waals surface area contributed by atoms with E-state index in [1.54, 1.807) is 11.8 Å². The van der Waals surface area contributed by atoms with Crippen LogP contribution >= 0.6 is 11.8 Å². The smallest absolute Gasteiger partial charge is 0.235 e. The Kier molecular flexibility index (Phi) is 5.37. The summed E-state index contributed by atoms with van der Waals surface area (Å²) in [6, 6.07) is 0.735. The zero-order valence-electron chi connectivity index (χ0n) is 11.7. The van der Waals surface area contributed by atoms with Gasteiger partial charge < -0.3 is 9.80 Å². The molecular weight excluding hydrogens is 244 g/mol. The Morgan fingerprint density at radius 3 is 2.28 bits per heavy atom. The Hall–Kier alpha value is -0.220. The fourth-order valence-corrected chi connectivity index (χ4v) is 3.44. The molecule has 0 N–H and O–H groups in total. The molecule has 2 aliphatic rings. The highest BCUT2D eigenvalue weighted by molar-refractivity contribution is 7.99.